The highest BCUT2D eigenvalue weighted by Gasteiger charge is 2.32. The molecule has 0 radical (unpaired) electrons. The molecule has 2 fully saturated rings. The third kappa shape index (κ3) is 3.21. The molecule has 3 atom stereocenters. The number of nitrogens with zero attached hydrogens (tertiary/aromatic N) is 1. The number of carbonyl (C=O) groups is 1. The number of hydrogen-bond acceptors (Lipinski definition) is 2. The summed E-state index contributed by atoms with van der Waals surface area (Å²) >= 11 is 0. The molecule has 0 aromatic rings. The molecule has 1 aliphatic heterocycles. The Kier molecular flexibility index (Phi) is 4.43. The van der Waals surface area contributed by atoms with Crippen LogP contribution in [0.4, 0.5) is 0 Å². The third-order valence-corrected chi connectivity index (χ3v) is 4.61. The number of rotatable bonds is 4. The molecule has 3 nitrogen and oxygen atoms in total. The Labute approximate surface area is 104 Å². The van der Waals surface area contributed by atoms with Crippen molar-refractivity contribution in [3.8, 4) is 0 Å². The lowest BCUT2D eigenvalue weighted by atomic mass is 9.80. The highest BCUT2D eigenvalue weighted by molar-refractivity contribution is 5.73. The summed E-state index contributed by atoms with van der Waals surface area (Å²) in [4.78, 5) is 13.3. The van der Waals surface area contributed by atoms with Gasteiger partial charge in [-0.2, -0.15) is 0 Å². The maximum Gasteiger partial charge on any atom is 0.320 e. The monoisotopic (exact) mass is 239 g/mol. The normalized spacial score (nSPS) is 35.0. The van der Waals surface area contributed by atoms with E-state index in [1.165, 1.54) is 32.1 Å². The quantitative estimate of drug-likeness (QED) is 0.820. The van der Waals surface area contributed by atoms with Gasteiger partial charge in [0, 0.05) is 6.54 Å². The SMILES string of the molecule is CCC1CCCC(CN2CCC[C@H]2C(=O)O)C1. The molecule has 3 heteroatoms. The van der Waals surface area contributed by atoms with Crippen LogP contribution in [0.25, 0.3) is 0 Å². The lowest BCUT2D eigenvalue weighted by Gasteiger charge is -2.32. The molecule has 1 heterocycles. The van der Waals surface area contributed by atoms with E-state index in [4.69, 9.17) is 5.11 Å². The van der Waals surface area contributed by atoms with Crippen molar-refractivity contribution in [2.45, 2.75) is 57.9 Å². The molecule has 98 valence electrons. The van der Waals surface area contributed by atoms with Gasteiger partial charge in [-0.25, -0.2) is 0 Å². The fourth-order valence-electron chi connectivity index (χ4n) is 3.59. The number of carboxylic acid groups (broad SMARTS) is 1. The van der Waals surface area contributed by atoms with Gasteiger partial charge in [-0.05, 0) is 44.1 Å². The maximum absolute atomic E-state index is 11.1. The summed E-state index contributed by atoms with van der Waals surface area (Å²) in [6.07, 6.45) is 8.54. The predicted octanol–water partition coefficient (Wildman–Crippen LogP) is 2.75. The van der Waals surface area contributed by atoms with E-state index in [0.29, 0.717) is 0 Å². The molecular formula is C14H25NO2. The zero-order chi connectivity index (χ0) is 12.3. The molecule has 2 unspecified atom stereocenters. The van der Waals surface area contributed by atoms with Crippen molar-refractivity contribution in [2.75, 3.05) is 13.1 Å². The van der Waals surface area contributed by atoms with Crippen molar-refractivity contribution in [2.24, 2.45) is 11.8 Å². The van der Waals surface area contributed by atoms with E-state index in [-0.39, 0.29) is 6.04 Å². The van der Waals surface area contributed by atoms with E-state index < -0.39 is 5.97 Å². The molecule has 17 heavy (non-hydrogen) atoms. The first kappa shape index (κ1) is 12.9. The van der Waals surface area contributed by atoms with Gasteiger partial charge in [0.1, 0.15) is 6.04 Å². The Bertz CT molecular complexity index is 267. The van der Waals surface area contributed by atoms with Crippen LogP contribution in [-0.4, -0.2) is 35.1 Å². The van der Waals surface area contributed by atoms with Gasteiger partial charge in [0.15, 0.2) is 0 Å². The molecule has 1 N–H and O–H groups in total. The Hall–Kier alpha value is -0.570. The summed E-state index contributed by atoms with van der Waals surface area (Å²) in [5.74, 6) is 1.01. The third-order valence-electron chi connectivity index (χ3n) is 4.61. The van der Waals surface area contributed by atoms with Crippen molar-refractivity contribution < 1.29 is 9.90 Å². The minimum absolute atomic E-state index is 0.197. The largest absolute Gasteiger partial charge is 0.480 e. The second-order valence-electron chi connectivity index (χ2n) is 5.80. The van der Waals surface area contributed by atoms with Crippen molar-refractivity contribution in [3.63, 3.8) is 0 Å². The summed E-state index contributed by atoms with van der Waals surface area (Å²) in [5, 5.41) is 9.17. The summed E-state index contributed by atoms with van der Waals surface area (Å²) in [7, 11) is 0. The Morgan fingerprint density at radius 3 is 2.71 bits per heavy atom. The number of likely N-dealkylation sites (tertiary alicyclic amines) is 1. The van der Waals surface area contributed by atoms with Gasteiger partial charge in [0.25, 0.3) is 0 Å². The second kappa shape index (κ2) is 5.85. The molecule has 0 spiro atoms. The van der Waals surface area contributed by atoms with Crippen LogP contribution in [0, 0.1) is 11.8 Å². The number of aliphatic carboxylic acids is 1. The molecule has 0 bridgehead atoms. The first-order chi connectivity index (χ1) is 8.20. The van der Waals surface area contributed by atoms with E-state index in [0.717, 1.165) is 37.8 Å². The maximum atomic E-state index is 11.1. The Morgan fingerprint density at radius 1 is 1.24 bits per heavy atom. The first-order valence-corrected chi connectivity index (χ1v) is 7.17. The van der Waals surface area contributed by atoms with E-state index in [1.54, 1.807) is 0 Å². The van der Waals surface area contributed by atoms with Gasteiger partial charge in [-0.3, -0.25) is 9.69 Å². The van der Waals surface area contributed by atoms with Gasteiger partial charge in [-0.1, -0.05) is 26.2 Å². The van der Waals surface area contributed by atoms with Crippen LogP contribution >= 0.6 is 0 Å². The fraction of sp³-hybridized carbons (Fsp3) is 0.929. The average Bonchev–Trinajstić information content (AvgIpc) is 2.77. The van der Waals surface area contributed by atoms with Crippen molar-refractivity contribution in [3.05, 3.63) is 0 Å². The highest BCUT2D eigenvalue weighted by Crippen LogP contribution is 2.32. The highest BCUT2D eigenvalue weighted by atomic mass is 16.4. The minimum atomic E-state index is -0.620. The minimum Gasteiger partial charge on any atom is -0.480 e. The summed E-state index contributed by atoms with van der Waals surface area (Å²) in [5.41, 5.74) is 0. The van der Waals surface area contributed by atoms with Crippen LogP contribution < -0.4 is 0 Å². The molecule has 0 amide bonds. The van der Waals surface area contributed by atoms with Gasteiger partial charge in [0.2, 0.25) is 0 Å². The predicted molar refractivity (Wildman–Crippen MR) is 68.0 cm³/mol. The van der Waals surface area contributed by atoms with Crippen molar-refractivity contribution >= 4 is 5.97 Å². The molecule has 2 aliphatic rings. The smallest absolute Gasteiger partial charge is 0.320 e. The van der Waals surface area contributed by atoms with Crippen LogP contribution in [0.3, 0.4) is 0 Å². The van der Waals surface area contributed by atoms with Crippen LogP contribution in [0.2, 0.25) is 0 Å². The lowest BCUT2D eigenvalue weighted by molar-refractivity contribution is -0.142. The van der Waals surface area contributed by atoms with Gasteiger partial charge < -0.3 is 5.11 Å². The van der Waals surface area contributed by atoms with Gasteiger partial charge in [0.05, 0.1) is 0 Å². The van der Waals surface area contributed by atoms with Gasteiger partial charge in [-0.15, -0.1) is 0 Å². The zero-order valence-electron chi connectivity index (χ0n) is 10.9. The molecular weight excluding hydrogens is 214 g/mol. The van der Waals surface area contributed by atoms with Crippen LogP contribution in [0.15, 0.2) is 0 Å². The Morgan fingerprint density at radius 2 is 2.00 bits per heavy atom. The van der Waals surface area contributed by atoms with E-state index in [2.05, 4.69) is 11.8 Å². The number of hydrogen-bond donors (Lipinski definition) is 1. The summed E-state index contributed by atoms with van der Waals surface area (Å²) in [6.45, 7) is 4.29. The van der Waals surface area contributed by atoms with Crippen LogP contribution in [0.5, 0.6) is 0 Å². The lowest BCUT2D eigenvalue weighted by Crippen LogP contribution is -2.40. The average molecular weight is 239 g/mol. The van der Waals surface area contributed by atoms with E-state index in [1.807, 2.05) is 0 Å². The van der Waals surface area contributed by atoms with E-state index in [9.17, 15) is 4.79 Å². The molecule has 1 saturated carbocycles. The van der Waals surface area contributed by atoms with E-state index >= 15 is 0 Å². The summed E-state index contributed by atoms with van der Waals surface area (Å²) in [6, 6.07) is -0.197. The molecule has 2 rings (SSSR count). The van der Waals surface area contributed by atoms with Crippen LogP contribution in [-0.2, 0) is 4.79 Å². The van der Waals surface area contributed by atoms with Gasteiger partial charge >= 0.3 is 5.97 Å². The summed E-state index contributed by atoms with van der Waals surface area (Å²) < 4.78 is 0. The topological polar surface area (TPSA) is 40.5 Å². The number of carboxylic acids is 1. The first-order valence-electron chi connectivity index (χ1n) is 7.17. The molecule has 0 aromatic heterocycles. The van der Waals surface area contributed by atoms with Crippen molar-refractivity contribution in [1.29, 1.82) is 0 Å². The van der Waals surface area contributed by atoms with Crippen molar-refractivity contribution in [1.82, 2.24) is 4.90 Å². The molecule has 1 saturated heterocycles. The molecule has 1 aliphatic carbocycles. The Balaban J connectivity index is 1.85. The van der Waals surface area contributed by atoms with Crippen LogP contribution in [0.1, 0.15) is 51.9 Å². The second-order valence-corrected chi connectivity index (χ2v) is 5.80. The molecule has 0 aromatic carbocycles. The zero-order valence-corrected chi connectivity index (χ0v) is 10.9. The standard InChI is InChI=1S/C14H25NO2/c1-2-11-5-3-6-12(9-11)10-15-8-4-7-13(15)14(16)17/h11-13H,2-10H2,1H3,(H,16,17)/t11?,12?,13-/m0/s1. The fourth-order valence-corrected chi connectivity index (χ4v) is 3.59.